The van der Waals surface area contributed by atoms with E-state index in [9.17, 15) is 14.7 Å². The second-order valence-corrected chi connectivity index (χ2v) is 11.4. The summed E-state index contributed by atoms with van der Waals surface area (Å²) < 4.78 is 5.97. The Labute approximate surface area is 219 Å². The summed E-state index contributed by atoms with van der Waals surface area (Å²) in [5, 5.41) is 15.9. The van der Waals surface area contributed by atoms with Gasteiger partial charge in [0.25, 0.3) is 0 Å². The van der Waals surface area contributed by atoms with Crippen LogP contribution in [0.5, 0.6) is 0 Å². The second-order valence-electron chi connectivity index (χ2n) is 11.4. The van der Waals surface area contributed by atoms with Gasteiger partial charge < -0.3 is 20.5 Å². The minimum absolute atomic E-state index is 0.177. The number of benzene rings is 1. The Morgan fingerprint density at radius 1 is 1.16 bits per heavy atom. The topological polar surface area (TPSA) is 101 Å². The number of hydrogen-bond donors (Lipinski definition) is 3. The van der Waals surface area contributed by atoms with E-state index in [1.54, 1.807) is 0 Å². The fourth-order valence-corrected chi connectivity index (χ4v) is 5.94. The fraction of sp³-hybridized carbons (Fsp3) is 0.567. The van der Waals surface area contributed by atoms with Crippen LogP contribution in [0.1, 0.15) is 67.8 Å². The molecule has 1 amide bonds. The lowest BCUT2D eigenvalue weighted by molar-refractivity contribution is -0.145. The number of hydrogen-bond acceptors (Lipinski definition) is 5. The minimum atomic E-state index is -1.00. The zero-order valence-corrected chi connectivity index (χ0v) is 21.8. The van der Waals surface area contributed by atoms with E-state index in [2.05, 4.69) is 34.9 Å². The third kappa shape index (κ3) is 6.15. The predicted molar refractivity (Wildman–Crippen MR) is 143 cm³/mol. The van der Waals surface area contributed by atoms with Crippen LogP contribution in [0.2, 0.25) is 0 Å². The fourth-order valence-electron chi connectivity index (χ4n) is 5.94. The van der Waals surface area contributed by atoms with Crippen LogP contribution in [0.25, 0.3) is 0 Å². The molecule has 1 aliphatic heterocycles. The largest absolute Gasteiger partial charge is 0.480 e. The monoisotopic (exact) mass is 505 g/mol. The number of nitrogens with zero attached hydrogens (tertiary/aromatic N) is 1. The summed E-state index contributed by atoms with van der Waals surface area (Å²) >= 11 is 0. The number of nitrogens with one attached hydrogen (secondary N) is 2. The van der Waals surface area contributed by atoms with Crippen LogP contribution in [-0.2, 0) is 40.0 Å². The first-order valence-electron chi connectivity index (χ1n) is 13.8. The van der Waals surface area contributed by atoms with Crippen molar-refractivity contribution < 1.29 is 19.4 Å². The van der Waals surface area contributed by atoms with Gasteiger partial charge in [-0.05, 0) is 86.5 Å². The molecule has 1 aromatic carbocycles. The van der Waals surface area contributed by atoms with E-state index >= 15 is 0 Å². The molecule has 37 heavy (non-hydrogen) atoms. The second kappa shape index (κ2) is 11.2. The summed E-state index contributed by atoms with van der Waals surface area (Å²) in [5.74, 6) is 0.500. The van der Waals surface area contributed by atoms with Gasteiger partial charge in [-0.25, -0.2) is 9.78 Å². The van der Waals surface area contributed by atoms with E-state index in [1.165, 1.54) is 23.1 Å². The van der Waals surface area contributed by atoms with Gasteiger partial charge in [-0.15, -0.1) is 0 Å². The molecule has 2 unspecified atom stereocenters. The van der Waals surface area contributed by atoms with Crippen LogP contribution >= 0.6 is 0 Å². The number of carboxylic acid groups (broad SMARTS) is 1. The maximum atomic E-state index is 13.1. The molecule has 2 aliphatic carbocycles. The number of anilines is 1. The van der Waals surface area contributed by atoms with Gasteiger partial charge in [-0.3, -0.25) is 4.79 Å². The molecule has 198 valence electrons. The molecule has 5 rings (SSSR count). The summed E-state index contributed by atoms with van der Waals surface area (Å²) in [5.41, 5.74) is 4.34. The van der Waals surface area contributed by atoms with E-state index in [1.807, 2.05) is 19.1 Å². The summed E-state index contributed by atoms with van der Waals surface area (Å²) in [4.78, 5) is 29.7. The Morgan fingerprint density at radius 3 is 2.78 bits per heavy atom. The van der Waals surface area contributed by atoms with Gasteiger partial charge in [0, 0.05) is 25.3 Å². The Balaban J connectivity index is 1.02. The Hall–Kier alpha value is -2.93. The number of carbonyl (C=O) groups excluding carboxylic acids is 1. The SMILES string of the molecule is CC1(C(=O)NC(CCOC2CC(CCc3ccc4c(n3)NCCC4)C2)C(=O)O)CCc2ccccc2C1. The highest BCUT2D eigenvalue weighted by Crippen LogP contribution is 2.36. The standard InChI is InChI=1S/C30H39N3O4/c1-30(14-12-21-5-2-3-6-23(21)19-30)29(36)33-26(28(34)35)13-16-37-25-17-20(18-25)8-10-24-11-9-22-7-4-15-31-27(22)32-24/h2-3,5-6,9,11,20,25-26H,4,7-8,10,12-19H2,1H3,(H,31,32)(H,33,36)(H,34,35). The maximum absolute atomic E-state index is 13.1. The molecule has 1 saturated carbocycles. The molecule has 2 atom stereocenters. The Bertz CT molecular complexity index is 1130. The highest BCUT2D eigenvalue weighted by molar-refractivity contribution is 5.87. The van der Waals surface area contributed by atoms with Crippen molar-refractivity contribution in [3.63, 3.8) is 0 Å². The molecule has 1 fully saturated rings. The lowest BCUT2D eigenvalue weighted by atomic mass is 9.72. The van der Waals surface area contributed by atoms with Gasteiger partial charge >= 0.3 is 5.97 Å². The van der Waals surface area contributed by atoms with Gasteiger partial charge in [0.05, 0.1) is 11.5 Å². The molecular formula is C30H39N3O4. The van der Waals surface area contributed by atoms with E-state index < -0.39 is 17.4 Å². The van der Waals surface area contributed by atoms with Gasteiger partial charge in [0.15, 0.2) is 0 Å². The number of pyridine rings is 1. The molecule has 0 spiro atoms. The van der Waals surface area contributed by atoms with E-state index in [-0.39, 0.29) is 18.4 Å². The van der Waals surface area contributed by atoms with Gasteiger partial charge in [0.1, 0.15) is 11.9 Å². The first-order chi connectivity index (χ1) is 17.9. The Kier molecular flexibility index (Phi) is 7.79. The van der Waals surface area contributed by atoms with Crippen LogP contribution < -0.4 is 10.6 Å². The number of amides is 1. The lowest BCUT2D eigenvalue weighted by Gasteiger charge is -2.36. The molecule has 3 aliphatic rings. The molecule has 2 heterocycles. The Morgan fingerprint density at radius 2 is 1.97 bits per heavy atom. The van der Waals surface area contributed by atoms with Crippen LogP contribution in [0, 0.1) is 11.3 Å². The number of rotatable bonds is 10. The zero-order valence-electron chi connectivity index (χ0n) is 21.8. The molecule has 3 N–H and O–H groups in total. The van der Waals surface area contributed by atoms with Crippen molar-refractivity contribution in [3.05, 3.63) is 58.8 Å². The van der Waals surface area contributed by atoms with Crippen LogP contribution in [0.3, 0.4) is 0 Å². The van der Waals surface area contributed by atoms with Crippen molar-refractivity contribution >= 4 is 17.7 Å². The molecule has 2 aromatic rings. The average molecular weight is 506 g/mol. The summed E-state index contributed by atoms with van der Waals surface area (Å²) in [7, 11) is 0. The van der Waals surface area contributed by atoms with E-state index in [4.69, 9.17) is 9.72 Å². The van der Waals surface area contributed by atoms with Crippen molar-refractivity contribution in [1.29, 1.82) is 0 Å². The molecule has 0 bridgehead atoms. The van der Waals surface area contributed by atoms with E-state index in [0.29, 0.717) is 18.9 Å². The lowest BCUT2D eigenvalue weighted by Crippen LogP contribution is -2.50. The third-order valence-corrected chi connectivity index (χ3v) is 8.51. The number of aromatic nitrogens is 1. The number of ether oxygens (including phenoxy) is 1. The molecule has 0 saturated heterocycles. The first-order valence-corrected chi connectivity index (χ1v) is 13.8. The summed E-state index contributed by atoms with van der Waals surface area (Å²) in [6.07, 6.45) is 9.02. The number of carbonyl (C=O) groups is 2. The van der Waals surface area contributed by atoms with Crippen molar-refractivity contribution in [1.82, 2.24) is 10.3 Å². The number of aliphatic carboxylic acids is 1. The van der Waals surface area contributed by atoms with Gasteiger partial charge in [-0.2, -0.15) is 0 Å². The quantitative estimate of drug-likeness (QED) is 0.445. The molecule has 1 aromatic heterocycles. The van der Waals surface area contributed by atoms with Crippen molar-refractivity contribution in [2.45, 2.75) is 83.3 Å². The maximum Gasteiger partial charge on any atom is 0.326 e. The third-order valence-electron chi connectivity index (χ3n) is 8.51. The zero-order chi connectivity index (χ0) is 25.8. The minimum Gasteiger partial charge on any atom is -0.480 e. The average Bonchev–Trinajstić information content (AvgIpc) is 2.88. The van der Waals surface area contributed by atoms with Gasteiger partial charge in [-0.1, -0.05) is 37.3 Å². The molecule has 7 heteroatoms. The van der Waals surface area contributed by atoms with Crippen molar-refractivity contribution in [2.75, 3.05) is 18.5 Å². The highest BCUT2D eigenvalue weighted by Gasteiger charge is 2.38. The highest BCUT2D eigenvalue weighted by atomic mass is 16.5. The van der Waals surface area contributed by atoms with Crippen LogP contribution in [0.4, 0.5) is 5.82 Å². The number of carboxylic acids is 1. The van der Waals surface area contributed by atoms with Crippen molar-refractivity contribution in [2.24, 2.45) is 11.3 Å². The normalized spacial score (nSPS) is 25.1. The number of fused-ring (bicyclic) bond motifs is 2. The van der Waals surface area contributed by atoms with Crippen LogP contribution in [0.15, 0.2) is 36.4 Å². The van der Waals surface area contributed by atoms with E-state index in [0.717, 1.165) is 63.0 Å². The van der Waals surface area contributed by atoms with Gasteiger partial charge in [0.2, 0.25) is 5.91 Å². The number of aryl methyl sites for hydroxylation is 3. The molecular weight excluding hydrogens is 466 g/mol. The van der Waals surface area contributed by atoms with Crippen molar-refractivity contribution in [3.8, 4) is 0 Å². The summed E-state index contributed by atoms with van der Waals surface area (Å²) in [6, 6.07) is 11.6. The first kappa shape index (κ1) is 25.7. The molecule has 0 radical (unpaired) electrons. The van der Waals surface area contributed by atoms with Crippen LogP contribution in [-0.4, -0.2) is 47.3 Å². The smallest absolute Gasteiger partial charge is 0.326 e. The molecule has 7 nitrogen and oxygen atoms in total. The summed E-state index contributed by atoms with van der Waals surface area (Å²) in [6.45, 7) is 3.29. The predicted octanol–water partition coefficient (Wildman–Crippen LogP) is 4.32.